The molecule has 0 heterocycles. The fourth-order valence-electron chi connectivity index (χ4n) is 1.56. The molecule has 126 valence electrons. The van der Waals surface area contributed by atoms with E-state index in [1.165, 1.54) is 0 Å². The van der Waals surface area contributed by atoms with E-state index < -0.39 is 12.6 Å². The van der Waals surface area contributed by atoms with Gasteiger partial charge in [0.05, 0.1) is 17.3 Å². The highest BCUT2D eigenvalue weighted by molar-refractivity contribution is 9.10. The molecule has 23 heavy (non-hydrogen) atoms. The highest BCUT2D eigenvalue weighted by Gasteiger charge is 2.13. The van der Waals surface area contributed by atoms with Crippen LogP contribution in [0.5, 0.6) is 11.5 Å². The minimum Gasteiger partial charge on any atom is -0.490 e. The van der Waals surface area contributed by atoms with Crippen molar-refractivity contribution in [2.24, 2.45) is 5.10 Å². The minimum atomic E-state index is -1.06. The lowest BCUT2D eigenvalue weighted by Crippen LogP contribution is -2.31. The van der Waals surface area contributed by atoms with Gasteiger partial charge in [0.1, 0.15) is 0 Å². The summed E-state index contributed by atoms with van der Waals surface area (Å²) in [6, 6.07) is 3.44. The number of carbonyl (C=O) groups is 1. The molecule has 0 saturated heterocycles. The Kier molecular flexibility index (Phi) is 8.35. The van der Waals surface area contributed by atoms with Gasteiger partial charge >= 0.3 is 5.97 Å². The third kappa shape index (κ3) is 6.83. The highest BCUT2D eigenvalue weighted by Crippen LogP contribution is 2.36. The van der Waals surface area contributed by atoms with Crippen LogP contribution in [0.2, 0.25) is 0 Å². The lowest BCUT2D eigenvalue weighted by Gasteiger charge is -2.13. The third-order valence-electron chi connectivity index (χ3n) is 2.39. The van der Waals surface area contributed by atoms with Gasteiger partial charge in [0.15, 0.2) is 23.2 Å². The van der Waals surface area contributed by atoms with E-state index in [0.29, 0.717) is 34.2 Å². The second-order valence-corrected chi connectivity index (χ2v) is 5.44. The number of aliphatic carboxylic acids is 1. The number of hydrazone groups is 1. The molecule has 0 amide bonds. The van der Waals surface area contributed by atoms with Crippen LogP contribution in [0.1, 0.15) is 19.4 Å². The van der Waals surface area contributed by atoms with Gasteiger partial charge in [-0.3, -0.25) is 5.43 Å². The van der Waals surface area contributed by atoms with Crippen molar-refractivity contribution in [1.82, 2.24) is 10.7 Å². The van der Waals surface area contributed by atoms with Crippen molar-refractivity contribution in [2.75, 3.05) is 19.8 Å². The second-order valence-electron chi connectivity index (χ2n) is 4.17. The quantitative estimate of drug-likeness (QED) is 0.347. The first-order chi connectivity index (χ1) is 11.0. The molecule has 0 fully saturated rings. The van der Waals surface area contributed by atoms with Crippen molar-refractivity contribution in [1.29, 1.82) is 0 Å². The summed E-state index contributed by atoms with van der Waals surface area (Å²) in [6.07, 6.45) is 1.57. The van der Waals surface area contributed by atoms with Gasteiger partial charge in [-0.1, -0.05) is 0 Å². The van der Waals surface area contributed by atoms with Crippen molar-refractivity contribution in [3.05, 3.63) is 22.2 Å². The first-order valence-electron chi connectivity index (χ1n) is 6.85. The third-order valence-corrected chi connectivity index (χ3v) is 3.21. The Morgan fingerprint density at radius 3 is 2.78 bits per heavy atom. The average molecular weight is 404 g/mol. The van der Waals surface area contributed by atoms with Crippen LogP contribution >= 0.6 is 28.1 Å². The van der Waals surface area contributed by atoms with Crippen molar-refractivity contribution < 1.29 is 19.4 Å². The zero-order valence-corrected chi connectivity index (χ0v) is 15.2. The molecule has 0 aromatic heterocycles. The fourth-order valence-corrected chi connectivity index (χ4v) is 2.34. The topological polar surface area (TPSA) is 92.2 Å². The van der Waals surface area contributed by atoms with Crippen LogP contribution in [0.4, 0.5) is 0 Å². The maximum Gasteiger partial charge on any atom is 0.341 e. The smallest absolute Gasteiger partial charge is 0.341 e. The normalized spacial score (nSPS) is 10.4. The first kappa shape index (κ1) is 19.2. The highest BCUT2D eigenvalue weighted by atomic mass is 79.9. The standard InChI is InChI=1S/C14H18BrN3O4S/c1-3-16-14(23)18-17-7-9-5-10(15)13(22-8-12(19)20)11(6-9)21-4-2/h5-7H,3-4,8H2,1-2H3,(H,19,20)(H2,16,18,23)/b17-7-. The fraction of sp³-hybridized carbons (Fsp3) is 0.357. The van der Waals surface area contributed by atoms with Gasteiger partial charge in [-0.25, -0.2) is 4.79 Å². The molecule has 0 aliphatic rings. The van der Waals surface area contributed by atoms with E-state index in [2.05, 4.69) is 31.8 Å². The Bertz CT molecular complexity index is 596. The molecule has 0 spiro atoms. The van der Waals surface area contributed by atoms with Gasteiger partial charge in [0.2, 0.25) is 0 Å². The Balaban J connectivity index is 2.91. The van der Waals surface area contributed by atoms with E-state index in [0.717, 1.165) is 5.56 Å². The second kappa shape index (κ2) is 10.0. The molecule has 1 rings (SSSR count). The lowest BCUT2D eigenvalue weighted by atomic mass is 10.2. The summed E-state index contributed by atoms with van der Waals surface area (Å²) in [5.74, 6) is -0.299. The molecule has 1 aromatic carbocycles. The SMILES string of the molecule is CCNC(=S)N/N=C\c1cc(Br)c(OCC(=O)O)c(OCC)c1. The largest absolute Gasteiger partial charge is 0.490 e. The van der Waals surface area contributed by atoms with E-state index in [9.17, 15) is 4.79 Å². The number of carboxylic acid groups (broad SMARTS) is 1. The van der Waals surface area contributed by atoms with E-state index in [1.54, 1.807) is 18.3 Å². The van der Waals surface area contributed by atoms with Gasteiger partial charge in [0, 0.05) is 6.54 Å². The number of halogens is 1. The summed E-state index contributed by atoms with van der Waals surface area (Å²) in [5.41, 5.74) is 3.41. The Morgan fingerprint density at radius 2 is 2.17 bits per heavy atom. The predicted molar refractivity (Wildman–Crippen MR) is 95.4 cm³/mol. The van der Waals surface area contributed by atoms with E-state index in [4.69, 9.17) is 26.8 Å². The molecule has 0 aliphatic heterocycles. The molecule has 9 heteroatoms. The van der Waals surface area contributed by atoms with Crippen molar-refractivity contribution in [3.63, 3.8) is 0 Å². The predicted octanol–water partition coefficient (Wildman–Crippen LogP) is 2.13. The number of hydrogen-bond acceptors (Lipinski definition) is 5. The maximum atomic E-state index is 10.6. The summed E-state index contributed by atoms with van der Waals surface area (Å²) >= 11 is 8.34. The van der Waals surface area contributed by atoms with E-state index >= 15 is 0 Å². The number of ether oxygens (including phenoxy) is 2. The van der Waals surface area contributed by atoms with Gasteiger partial charge in [-0.05, 0) is 59.7 Å². The van der Waals surface area contributed by atoms with Crippen LogP contribution in [0, 0.1) is 0 Å². The van der Waals surface area contributed by atoms with Crippen LogP contribution < -0.4 is 20.2 Å². The molecule has 0 saturated carbocycles. The maximum absolute atomic E-state index is 10.6. The summed E-state index contributed by atoms with van der Waals surface area (Å²) in [6.45, 7) is 4.42. The van der Waals surface area contributed by atoms with Crippen molar-refractivity contribution in [2.45, 2.75) is 13.8 Å². The molecular formula is C14H18BrN3O4S. The molecule has 0 bridgehead atoms. The van der Waals surface area contributed by atoms with Crippen molar-refractivity contribution in [3.8, 4) is 11.5 Å². The zero-order chi connectivity index (χ0) is 17.2. The number of nitrogens with one attached hydrogen (secondary N) is 2. The molecule has 0 radical (unpaired) electrons. The summed E-state index contributed by atoms with van der Waals surface area (Å²) in [4.78, 5) is 10.6. The molecule has 0 unspecified atom stereocenters. The number of benzene rings is 1. The number of nitrogens with zero attached hydrogens (tertiary/aromatic N) is 1. The Morgan fingerprint density at radius 1 is 1.43 bits per heavy atom. The van der Waals surface area contributed by atoms with Crippen LogP contribution in [0.3, 0.4) is 0 Å². The van der Waals surface area contributed by atoms with Gasteiger partial charge < -0.3 is 19.9 Å². The van der Waals surface area contributed by atoms with Gasteiger partial charge in [-0.2, -0.15) is 5.10 Å². The number of thiocarbonyl (C=S) groups is 1. The molecular weight excluding hydrogens is 386 g/mol. The minimum absolute atomic E-state index is 0.336. The zero-order valence-electron chi connectivity index (χ0n) is 12.8. The van der Waals surface area contributed by atoms with Crippen LogP contribution in [0.25, 0.3) is 0 Å². The van der Waals surface area contributed by atoms with Crippen LogP contribution in [0.15, 0.2) is 21.7 Å². The van der Waals surface area contributed by atoms with Gasteiger partial charge in [0.25, 0.3) is 0 Å². The Hall–Kier alpha value is -1.87. The number of carboxylic acids is 1. The van der Waals surface area contributed by atoms with E-state index in [-0.39, 0.29) is 0 Å². The monoisotopic (exact) mass is 403 g/mol. The molecule has 1 aromatic rings. The molecule has 0 atom stereocenters. The first-order valence-corrected chi connectivity index (χ1v) is 8.05. The number of hydrogen-bond donors (Lipinski definition) is 3. The molecule has 3 N–H and O–H groups in total. The molecule has 0 aliphatic carbocycles. The van der Waals surface area contributed by atoms with Crippen LogP contribution in [-0.4, -0.2) is 42.2 Å². The summed E-state index contributed by atoms with van der Waals surface area (Å²) in [7, 11) is 0. The van der Waals surface area contributed by atoms with E-state index in [1.807, 2.05) is 13.8 Å². The molecule has 7 nitrogen and oxygen atoms in total. The Labute approximate surface area is 148 Å². The average Bonchev–Trinajstić information content (AvgIpc) is 2.46. The van der Waals surface area contributed by atoms with Gasteiger partial charge in [-0.15, -0.1) is 0 Å². The summed E-state index contributed by atoms with van der Waals surface area (Å²) < 4.78 is 11.3. The lowest BCUT2D eigenvalue weighted by molar-refractivity contribution is -0.139. The summed E-state index contributed by atoms with van der Waals surface area (Å²) in [5, 5.41) is 16.1. The van der Waals surface area contributed by atoms with Crippen LogP contribution in [-0.2, 0) is 4.79 Å². The van der Waals surface area contributed by atoms with Crippen molar-refractivity contribution >= 4 is 45.4 Å². The number of rotatable bonds is 8.